The van der Waals surface area contributed by atoms with Crippen LogP contribution in [0.15, 0.2) is 6.20 Å². The number of aryl methyl sites for hydroxylation is 1. The SMILES string of the molecule is CCC(C)NC(=S)NCc1cnn(C)c1C. The Morgan fingerprint density at radius 2 is 2.31 bits per heavy atom. The lowest BCUT2D eigenvalue weighted by Crippen LogP contribution is -2.39. The third-order valence-electron chi connectivity index (χ3n) is 2.77. The molecule has 1 rings (SSSR count). The van der Waals surface area contributed by atoms with E-state index in [1.807, 2.05) is 17.9 Å². The number of rotatable bonds is 4. The maximum Gasteiger partial charge on any atom is 0.166 e. The molecule has 16 heavy (non-hydrogen) atoms. The van der Waals surface area contributed by atoms with Gasteiger partial charge in [0.25, 0.3) is 0 Å². The van der Waals surface area contributed by atoms with Crippen LogP contribution >= 0.6 is 12.2 Å². The highest BCUT2D eigenvalue weighted by Crippen LogP contribution is 2.04. The molecule has 0 amide bonds. The second-order valence-corrected chi connectivity index (χ2v) is 4.42. The lowest BCUT2D eigenvalue weighted by molar-refractivity contribution is 0.631. The number of thiocarbonyl (C=S) groups is 1. The largest absolute Gasteiger partial charge is 0.360 e. The summed E-state index contributed by atoms with van der Waals surface area (Å²) in [4.78, 5) is 0. The molecule has 0 aliphatic rings. The van der Waals surface area contributed by atoms with E-state index in [0.29, 0.717) is 11.2 Å². The Morgan fingerprint density at radius 3 is 2.81 bits per heavy atom. The Bertz CT molecular complexity index is 359. The van der Waals surface area contributed by atoms with Gasteiger partial charge in [-0.25, -0.2) is 0 Å². The van der Waals surface area contributed by atoms with Gasteiger partial charge in [-0.3, -0.25) is 4.68 Å². The first-order valence-corrected chi connectivity index (χ1v) is 5.97. The number of nitrogens with zero attached hydrogens (tertiary/aromatic N) is 2. The lowest BCUT2D eigenvalue weighted by Gasteiger charge is -2.15. The molecule has 5 heteroatoms. The molecule has 1 unspecified atom stereocenters. The third kappa shape index (κ3) is 3.48. The van der Waals surface area contributed by atoms with Gasteiger partial charge in [0.1, 0.15) is 0 Å². The zero-order chi connectivity index (χ0) is 12.1. The summed E-state index contributed by atoms with van der Waals surface area (Å²) in [6.45, 7) is 7.02. The first kappa shape index (κ1) is 13.0. The molecule has 0 saturated carbocycles. The molecule has 1 atom stereocenters. The standard InChI is InChI=1S/C11H20N4S/c1-5-8(2)14-11(16)12-6-10-7-13-15(4)9(10)3/h7-8H,5-6H2,1-4H3,(H2,12,14,16). The van der Waals surface area contributed by atoms with Crippen LogP contribution in [0.3, 0.4) is 0 Å². The van der Waals surface area contributed by atoms with E-state index in [2.05, 4.69) is 36.5 Å². The molecule has 4 nitrogen and oxygen atoms in total. The van der Waals surface area contributed by atoms with Gasteiger partial charge in [-0.2, -0.15) is 5.10 Å². The summed E-state index contributed by atoms with van der Waals surface area (Å²) >= 11 is 5.20. The molecular formula is C11H20N4S. The quantitative estimate of drug-likeness (QED) is 0.783. The van der Waals surface area contributed by atoms with Gasteiger partial charge in [-0.05, 0) is 32.5 Å². The number of nitrogens with one attached hydrogen (secondary N) is 2. The van der Waals surface area contributed by atoms with Crippen LogP contribution < -0.4 is 10.6 Å². The number of aromatic nitrogens is 2. The van der Waals surface area contributed by atoms with Crippen molar-refractivity contribution in [2.24, 2.45) is 7.05 Å². The topological polar surface area (TPSA) is 41.9 Å². The molecule has 0 spiro atoms. The molecule has 90 valence electrons. The van der Waals surface area contributed by atoms with E-state index < -0.39 is 0 Å². The molecule has 0 aromatic carbocycles. The second kappa shape index (κ2) is 5.84. The predicted octanol–water partition coefficient (Wildman–Crippen LogP) is 1.49. The van der Waals surface area contributed by atoms with Crippen molar-refractivity contribution in [2.75, 3.05) is 0 Å². The molecule has 0 aliphatic carbocycles. The minimum absolute atomic E-state index is 0.412. The van der Waals surface area contributed by atoms with Gasteiger partial charge in [0.05, 0.1) is 6.20 Å². The van der Waals surface area contributed by atoms with Crippen molar-refractivity contribution in [1.82, 2.24) is 20.4 Å². The second-order valence-electron chi connectivity index (χ2n) is 4.02. The average molecular weight is 240 g/mol. The van der Waals surface area contributed by atoms with Gasteiger partial charge in [0, 0.05) is 30.9 Å². The van der Waals surface area contributed by atoms with E-state index in [0.717, 1.165) is 13.0 Å². The summed E-state index contributed by atoms with van der Waals surface area (Å²) in [6.07, 6.45) is 2.93. The fourth-order valence-electron chi connectivity index (χ4n) is 1.27. The molecule has 0 fully saturated rings. The summed E-state index contributed by atoms with van der Waals surface area (Å²) in [5.74, 6) is 0. The maximum absolute atomic E-state index is 5.20. The van der Waals surface area contributed by atoms with Crippen LogP contribution in [0.2, 0.25) is 0 Å². The van der Waals surface area contributed by atoms with Crippen molar-refractivity contribution in [1.29, 1.82) is 0 Å². The van der Waals surface area contributed by atoms with E-state index in [9.17, 15) is 0 Å². The van der Waals surface area contributed by atoms with Crippen molar-refractivity contribution in [3.05, 3.63) is 17.5 Å². The summed E-state index contributed by atoms with van der Waals surface area (Å²) in [6, 6.07) is 0.412. The smallest absolute Gasteiger partial charge is 0.166 e. The van der Waals surface area contributed by atoms with Crippen LogP contribution in [-0.4, -0.2) is 20.9 Å². The molecule has 0 aliphatic heterocycles. The van der Waals surface area contributed by atoms with Crippen LogP contribution in [0, 0.1) is 6.92 Å². The summed E-state index contributed by atoms with van der Waals surface area (Å²) in [5.41, 5.74) is 2.34. The molecule has 1 aromatic rings. The molecule has 0 saturated heterocycles. The average Bonchev–Trinajstić information content (AvgIpc) is 2.57. The summed E-state index contributed by atoms with van der Waals surface area (Å²) in [7, 11) is 1.94. The van der Waals surface area contributed by atoms with E-state index in [1.165, 1.54) is 11.3 Å². The van der Waals surface area contributed by atoms with Crippen molar-refractivity contribution in [3.63, 3.8) is 0 Å². The summed E-state index contributed by atoms with van der Waals surface area (Å²) in [5, 5.41) is 11.3. The first-order chi connectivity index (χ1) is 7.54. The van der Waals surface area contributed by atoms with Gasteiger partial charge in [-0.15, -0.1) is 0 Å². The van der Waals surface area contributed by atoms with Gasteiger partial charge in [0.15, 0.2) is 5.11 Å². The minimum atomic E-state index is 0.412. The fourth-order valence-corrected chi connectivity index (χ4v) is 1.54. The Kier molecular flexibility index (Phi) is 4.73. The van der Waals surface area contributed by atoms with E-state index in [1.54, 1.807) is 0 Å². The molecular weight excluding hydrogens is 220 g/mol. The van der Waals surface area contributed by atoms with Crippen LogP contribution in [0.5, 0.6) is 0 Å². The van der Waals surface area contributed by atoms with Crippen molar-refractivity contribution < 1.29 is 0 Å². The lowest BCUT2D eigenvalue weighted by atomic mass is 10.2. The molecule has 0 bridgehead atoms. The third-order valence-corrected chi connectivity index (χ3v) is 3.03. The normalized spacial score (nSPS) is 12.2. The highest BCUT2D eigenvalue weighted by atomic mass is 32.1. The molecule has 2 N–H and O–H groups in total. The number of hydrogen-bond acceptors (Lipinski definition) is 2. The zero-order valence-corrected chi connectivity index (χ0v) is 11.2. The van der Waals surface area contributed by atoms with Gasteiger partial charge < -0.3 is 10.6 Å². The Hall–Kier alpha value is -1.10. The molecule has 0 radical (unpaired) electrons. The van der Waals surface area contributed by atoms with E-state index >= 15 is 0 Å². The molecule has 1 aromatic heterocycles. The number of hydrogen-bond donors (Lipinski definition) is 2. The van der Waals surface area contributed by atoms with Gasteiger partial charge in [0.2, 0.25) is 0 Å². The fraction of sp³-hybridized carbons (Fsp3) is 0.636. The Labute approximate surface area is 102 Å². The predicted molar refractivity (Wildman–Crippen MR) is 70.3 cm³/mol. The van der Waals surface area contributed by atoms with E-state index in [4.69, 9.17) is 12.2 Å². The van der Waals surface area contributed by atoms with Crippen LogP contribution in [-0.2, 0) is 13.6 Å². The Morgan fingerprint density at radius 1 is 1.62 bits per heavy atom. The van der Waals surface area contributed by atoms with Crippen molar-refractivity contribution in [2.45, 2.75) is 39.8 Å². The zero-order valence-electron chi connectivity index (χ0n) is 10.4. The maximum atomic E-state index is 5.20. The highest BCUT2D eigenvalue weighted by Gasteiger charge is 2.05. The van der Waals surface area contributed by atoms with Crippen molar-refractivity contribution in [3.8, 4) is 0 Å². The van der Waals surface area contributed by atoms with Crippen molar-refractivity contribution >= 4 is 17.3 Å². The van der Waals surface area contributed by atoms with E-state index in [-0.39, 0.29) is 0 Å². The van der Waals surface area contributed by atoms with Gasteiger partial charge >= 0.3 is 0 Å². The minimum Gasteiger partial charge on any atom is -0.360 e. The monoisotopic (exact) mass is 240 g/mol. The van der Waals surface area contributed by atoms with Crippen LogP contribution in [0.4, 0.5) is 0 Å². The highest BCUT2D eigenvalue weighted by molar-refractivity contribution is 7.80. The van der Waals surface area contributed by atoms with Gasteiger partial charge in [-0.1, -0.05) is 6.92 Å². The Balaban J connectivity index is 2.40. The van der Waals surface area contributed by atoms with Crippen LogP contribution in [0.1, 0.15) is 31.5 Å². The molecule has 1 heterocycles. The first-order valence-electron chi connectivity index (χ1n) is 5.56. The van der Waals surface area contributed by atoms with Crippen LogP contribution in [0.25, 0.3) is 0 Å². The summed E-state index contributed by atoms with van der Waals surface area (Å²) < 4.78 is 1.86.